The molecule has 0 radical (unpaired) electrons. The molecule has 0 amide bonds. The fraction of sp³-hybridized carbons (Fsp3) is 0.214. The molecule has 5 nitrogen and oxygen atoms in total. The first-order valence-corrected chi connectivity index (χ1v) is 7.07. The SMILES string of the molecule is CCc1nn2c(C=O)c(-c3ccccc3OC)nc2s1. The number of nitrogens with zero attached hydrogens (tertiary/aromatic N) is 3. The molecule has 0 spiro atoms. The molecule has 0 fully saturated rings. The summed E-state index contributed by atoms with van der Waals surface area (Å²) in [5.41, 5.74) is 1.87. The lowest BCUT2D eigenvalue weighted by molar-refractivity contribution is 0.111. The number of methoxy groups -OCH3 is 1. The molecule has 0 saturated carbocycles. The highest BCUT2D eigenvalue weighted by Gasteiger charge is 2.19. The van der Waals surface area contributed by atoms with E-state index in [1.165, 1.54) is 11.3 Å². The zero-order valence-electron chi connectivity index (χ0n) is 11.2. The van der Waals surface area contributed by atoms with Gasteiger partial charge in [0.05, 0.1) is 7.11 Å². The first kappa shape index (κ1) is 12.8. The number of fused-ring (bicyclic) bond motifs is 1. The van der Waals surface area contributed by atoms with Crippen molar-refractivity contribution >= 4 is 22.6 Å². The fourth-order valence-corrected chi connectivity index (χ4v) is 2.93. The van der Waals surface area contributed by atoms with Crippen molar-refractivity contribution in [3.63, 3.8) is 0 Å². The summed E-state index contributed by atoms with van der Waals surface area (Å²) in [6.45, 7) is 2.03. The van der Waals surface area contributed by atoms with E-state index in [0.717, 1.165) is 28.2 Å². The molecule has 0 aliphatic rings. The quantitative estimate of drug-likeness (QED) is 0.692. The maximum absolute atomic E-state index is 11.4. The van der Waals surface area contributed by atoms with Crippen molar-refractivity contribution < 1.29 is 9.53 Å². The number of rotatable bonds is 4. The van der Waals surface area contributed by atoms with Gasteiger partial charge in [0.15, 0.2) is 6.29 Å². The van der Waals surface area contributed by atoms with Gasteiger partial charge >= 0.3 is 0 Å². The van der Waals surface area contributed by atoms with Crippen LogP contribution in [0, 0.1) is 0 Å². The lowest BCUT2D eigenvalue weighted by atomic mass is 10.1. The minimum absolute atomic E-state index is 0.459. The Balaban J connectivity index is 2.25. The molecule has 2 heterocycles. The molecule has 0 aliphatic heterocycles. The number of aldehydes is 1. The fourth-order valence-electron chi connectivity index (χ4n) is 2.09. The molecule has 0 atom stereocenters. The smallest absolute Gasteiger partial charge is 0.213 e. The molecule has 0 saturated heterocycles. The largest absolute Gasteiger partial charge is 0.496 e. The summed E-state index contributed by atoms with van der Waals surface area (Å²) in [4.78, 5) is 16.7. The number of hydrogen-bond acceptors (Lipinski definition) is 5. The van der Waals surface area contributed by atoms with Gasteiger partial charge in [0.2, 0.25) is 4.96 Å². The highest BCUT2D eigenvalue weighted by atomic mass is 32.1. The van der Waals surface area contributed by atoms with Crippen LogP contribution in [0.25, 0.3) is 16.2 Å². The molecule has 1 aromatic carbocycles. The second-order valence-corrected chi connectivity index (χ2v) is 5.25. The summed E-state index contributed by atoms with van der Waals surface area (Å²) < 4.78 is 6.94. The number of aryl methyl sites for hydroxylation is 1. The van der Waals surface area contributed by atoms with Gasteiger partial charge in [-0.1, -0.05) is 30.4 Å². The minimum Gasteiger partial charge on any atom is -0.496 e. The Morgan fingerprint density at radius 1 is 1.40 bits per heavy atom. The maximum Gasteiger partial charge on any atom is 0.213 e. The molecule has 0 bridgehead atoms. The molecule has 6 heteroatoms. The van der Waals surface area contributed by atoms with E-state index in [1.54, 1.807) is 11.6 Å². The summed E-state index contributed by atoms with van der Waals surface area (Å²) >= 11 is 1.50. The standard InChI is InChI=1S/C14H13N3O2S/c1-3-12-16-17-10(8-18)13(15-14(17)20-12)9-6-4-5-7-11(9)19-2/h4-8H,3H2,1-2H3. The van der Waals surface area contributed by atoms with Crippen LogP contribution in [0.2, 0.25) is 0 Å². The van der Waals surface area contributed by atoms with E-state index < -0.39 is 0 Å². The normalized spacial score (nSPS) is 10.9. The van der Waals surface area contributed by atoms with Gasteiger partial charge in [-0.2, -0.15) is 9.61 Å². The van der Waals surface area contributed by atoms with Gasteiger partial charge in [-0.15, -0.1) is 0 Å². The third kappa shape index (κ3) is 1.89. The second-order valence-electron chi connectivity index (χ2n) is 4.21. The van der Waals surface area contributed by atoms with E-state index in [-0.39, 0.29) is 0 Å². The monoisotopic (exact) mass is 287 g/mol. The van der Waals surface area contributed by atoms with Crippen molar-refractivity contribution in [3.8, 4) is 17.0 Å². The van der Waals surface area contributed by atoms with Crippen molar-refractivity contribution in [2.24, 2.45) is 0 Å². The van der Waals surface area contributed by atoms with E-state index in [1.807, 2.05) is 31.2 Å². The summed E-state index contributed by atoms with van der Waals surface area (Å²) in [7, 11) is 1.60. The van der Waals surface area contributed by atoms with Gasteiger partial charge < -0.3 is 4.74 Å². The minimum atomic E-state index is 0.459. The van der Waals surface area contributed by atoms with Crippen LogP contribution in [0.3, 0.4) is 0 Å². The number of aromatic nitrogens is 3. The van der Waals surface area contributed by atoms with Crippen molar-refractivity contribution in [2.45, 2.75) is 13.3 Å². The number of imidazole rings is 1. The van der Waals surface area contributed by atoms with Crippen LogP contribution in [0.15, 0.2) is 24.3 Å². The van der Waals surface area contributed by atoms with Crippen molar-refractivity contribution in [1.29, 1.82) is 0 Å². The highest BCUT2D eigenvalue weighted by Crippen LogP contribution is 2.32. The van der Waals surface area contributed by atoms with Crippen LogP contribution in [0.4, 0.5) is 0 Å². The highest BCUT2D eigenvalue weighted by molar-refractivity contribution is 7.16. The molecule has 102 valence electrons. The third-order valence-electron chi connectivity index (χ3n) is 3.06. The van der Waals surface area contributed by atoms with Gasteiger partial charge in [0, 0.05) is 5.56 Å². The van der Waals surface area contributed by atoms with Crippen LogP contribution >= 0.6 is 11.3 Å². The third-order valence-corrected chi connectivity index (χ3v) is 4.11. The van der Waals surface area contributed by atoms with E-state index in [9.17, 15) is 4.79 Å². The van der Waals surface area contributed by atoms with Crippen LogP contribution in [-0.2, 0) is 6.42 Å². The number of carbonyl (C=O) groups excluding carboxylic acids is 1. The lowest BCUT2D eigenvalue weighted by Gasteiger charge is -2.05. The van der Waals surface area contributed by atoms with Crippen LogP contribution in [0.5, 0.6) is 5.75 Å². The van der Waals surface area contributed by atoms with Gasteiger partial charge in [0.25, 0.3) is 0 Å². The number of ether oxygens (including phenoxy) is 1. The van der Waals surface area contributed by atoms with Crippen LogP contribution in [-0.4, -0.2) is 28.0 Å². The zero-order chi connectivity index (χ0) is 14.1. The van der Waals surface area contributed by atoms with Crippen molar-refractivity contribution in [2.75, 3.05) is 7.11 Å². The average Bonchev–Trinajstić information content (AvgIpc) is 3.03. The molecule has 0 aliphatic carbocycles. The van der Waals surface area contributed by atoms with Gasteiger partial charge in [-0.05, 0) is 18.6 Å². The lowest BCUT2D eigenvalue weighted by Crippen LogP contribution is -1.96. The Morgan fingerprint density at radius 2 is 2.20 bits per heavy atom. The molecule has 3 aromatic rings. The van der Waals surface area contributed by atoms with E-state index in [2.05, 4.69) is 10.1 Å². The Labute approximate surface area is 119 Å². The number of para-hydroxylation sites is 1. The molecule has 20 heavy (non-hydrogen) atoms. The predicted octanol–water partition coefficient (Wildman–Crippen LogP) is 2.84. The number of benzene rings is 1. The maximum atomic E-state index is 11.4. The molecule has 2 aromatic heterocycles. The Kier molecular flexibility index (Phi) is 3.23. The van der Waals surface area contributed by atoms with Crippen LogP contribution < -0.4 is 4.74 Å². The van der Waals surface area contributed by atoms with Crippen LogP contribution in [0.1, 0.15) is 22.4 Å². The van der Waals surface area contributed by atoms with Gasteiger partial charge in [-0.3, -0.25) is 4.79 Å². The number of hydrogen-bond donors (Lipinski definition) is 0. The molecule has 3 rings (SSSR count). The van der Waals surface area contributed by atoms with E-state index in [0.29, 0.717) is 17.1 Å². The topological polar surface area (TPSA) is 56.5 Å². The van der Waals surface area contributed by atoms with E-state index in [4.69, 9.17) is 4.74 Å². The molecular formula is C14H13N3O2S. The summed E-state index contributed by atoms with van der Waals surface area (Å²) in [5.74, 6) is 0.692. The number of carbonyl (C=O) groups is 1. The summed E-state index contributed by atoms with van der Waals surface area (Å²) in [6, 6.07) is 7.51. The Morgan fingerprint density at radius 3 is 2.90 bits per heavy atom. The van der Waals surface area contributed by atoms with Gasteiger partial charge in [-0.25, -0.2) is 4.98 Å². The molecule has 0 N–H and O–H groups in total. The van der Waals surface area contributed by atoms with Crippen molar-refractivity contribution in [3.05, 3.63) is 35.0 Å². The van der Waals surface area contributed by atoms with Gasteiger partial charge in [0.1, 0.15) is 22.1 Å². The predicted molar refractivity (Wildman–Crippen MR) is 77.6 cm³/mol. The zero-order valence-corrected chi connectivity index (χ0v) is 12.0. The average molecular weight is 287 g/mol. The molecule has 0 unspecified atom stereocenters. The van der Waals surface area contributed by atoms with E-state index >= 15 is 0 Å². The van der Waals surface area contributed by atoms with Crippen molar-refractivity contribution in [1.82, 2.24) is 14.6 Å². The Bertz CT molecular complexity index is 776. The second kappa shape index (κ2) is 5.05. The summed E-state index contributed by atoms with van der Waals surface area (Å²) in [6.07, 6.45) is 1.62. The first-order valence-electron chi connectivity index (χ1n) is 6.25. The summed E-state index contributed by atoms with van der Waals surface area (Å²) in [5, 5.41) is 5.36. The first-order chi connectivity index (χ1) is 9.78. The molecular weight excluding hydrogens is 274 g/mol. The Hall–Kier alpha value is -2.21.